The number of anilines is 1. The first-order valence-corrected chi connectivity index (χ1v) is 5.92. The summed E-state index contributed by atoms with van der Waals surface area (Å²) in [6.07, 6.45) is 0. The Morgan fingerprint density at radius 2 is 1.56 bits per heavy atom. The zero-order valence-electron chi connectivity index (χ0n) is 10.9. The molecule has 2 aromatic rings. The molecule has 18 heavy (non-hydrogen) atoms. The predicted molar refractivity (Wildman–Crippen MR) is 75.7 cm³/mol. The second-order valence-electron chi connectivity index (χ2n) is 4.41. The highest BCUT2D eigenvalue weighted by Crippen LogP contribution is 2.30. The summed E-state index contributed by atoms with van der Waals surface area (Å²) >= 11 is 0. The molecular weight excluding hydrogens is 222 g/mol. The Bertz CT molecular complexity index is 586. The van der Waals surface area contributed by atoms with Crippen LogP contribution in [-0.2, 0) is 0 Å². The van der Waals surface area contributed by atoms with Crippen LogP contribution in [0.5, 0.6) is 0 Å². The average Bonchev–Trinajstić information content (AvgIpc) is 2.40. The second kappa shape index (κ2) is 5.00. The van der Waals surface area contributed by atoms with Crippen molar-refractivity contribution in [2.45, 2.75) is 20.8 Å². The van der Waals surface area contributed by atoms with Crippen LogP contribution in [-0.4, -0.2) is 0 Å². The van der Waals surface area contributed by atoms with Gasteiger partial charge in [-0.15, -0.1) is 0 Å². The highest BCUT2D eigenvalue weighted by Gasteiger charge is 2.07. The summed E-state index contributed by atoms with van der Waals surface area (Å²) in [5.74, 6) is 0. The van der Waals surface area contributed by atoms with Gasteiger partial charge in [0.2, 0.25) is 0 Å². The molecule has 0 atom stereocenters. The lowest BCUT2D eigenvalue weighted by molar-refractivity contribution is 1.19. The van der Waals surface area contributed by atoms with Gasteiger partial charge in [0.25, 0.3) is 0 Å². The minimum Gasteiger partial charge on any atom is -0.398 e. The van der Waals surface area contributed by atoms with E-state index >= 15 is 0 Å². The van der Waals surface area contributed by atoms with E-state index < -0.39 is 0 Å². The molecule has 2 aromatic carbocycles. The van der Waals surface area contributed by atoms with Crippen molar-refractivity contribution in [2.75, 3.05) is 5.73 Å². The number of nitrogen functional groups attached to an aromatic ring is 1. The zero-order valence-corrected chi connectivity index (χ0v) is 10.9. The highest BCUT2D eigenvalue weighted by atomic mass is 15.1. The van der Waals surface area contributed by atoms with E-state index in [0.29, 0.717) is 0 Å². The SMILES string of the molecule is Cc1cc(N=Nc2ccccc2)c(C)c(N)c1C. The van der Waals surface area contributed by atoms with Crippen molar-refractivity contribution < 1.29 is 0 Å². The first-order valence-electron chi connectivity index (χ1n) is 5.92. The van der Waals surface area contributed by atoms with E-state index in [9.17, 15) is 0 Å². The van der Waals surface area contributed by atoms with Gasteiger partial charge in [-0.1, -0.05) is 18.2 Å². The van der Waals surface area contributed by atoms with Crippen LogP contribution in [0.1, 0.15) is 16.7 Å². The molecule has 0 bridgehead atoms. The minimum absolute atomic E-state index is 0.803. The maximum atomic E-state index is 6.05. The summed E-state index contributed by atoms with van der Waals surface area (Å²) in [4.78, 5) is 0. The Morgan fingerprint density at radius 3 is 2.22 bits per heavy atom. The van der Waals surface area contributed by atoms with E-state index in [1.54, 1.807) is 0 Å². The first-order chi connectivity index (χ1) is 8.59. The molecule has 3 nitrogen and oxygen atoms in total. The van der Waals surface area contributed by atoms with Gasteiger partial charge in [-0.3, -0.25) is 0 Å². The maximum Gasteiger partial charge on any atom is 0.0909 e. The van der Waals surface area contributed by atoms with Crippen LogP contribution in [0.4, 0.5) is 17.1 Å². The quantitative estimate of drug-likeness (QED) is 0.603. The molecule has 0 aliphatic rings. The maximum absolute atomic E-state index is 6.05. The van der Waals surface area contributed by atoms with E-state index in [2.05, 4.69) is 10.2 Å². The van der Waals surface area contributed by atoms with Crippen LogP contribution in [0.25, 0.3) is 0 Å². The van der Waals surface area contributed by atoms with Gasteiger partial charge in [0.1, 0.15) is 0 Å². The summed E-state index contributed by atoms with van der Waals surface area (Å²) in [7, 11) is 0. The third-order valence-corrected chi connectivity index (χ3v) is 3.17. The summed E-state index contributed by atoms with van der Waals surface area (Å²) in [6, 6.07) is 11.7. The Hall–Kier alpha value is -2.16. The lowest BCUT2D eigenvalue weighted by Gasteiger charge is -2.10. The van der Waals surface area contributed by atoms with Crippen molar-refractivity contribution in [3.8, 4) is 0 Å². The van der Waals surface area contributed by atoms with Crippen LogP contribution in [0.15, 0.2) is 46.6 Å². The Balaban J connectivity index is 2.39. The second-order valence-corrected chi connectivity index (χ2v) is 4.41. The largest absolute Gasteiger partial charge is 0.398 e. The van der Waals surface area contributed by atoms with E-state index in [4.69, 9.17) is 5.73 Å². The third kappa shape index (κ3) is 2.40. The summed E-state index contributed by atoms with van der Waals surface area (Å²) in [5.41, 5.74) is 11.8. The number of rotatable bonds is 2. The van der Waals surface area contributed by atoms with Gasteiger partial charge >= 0.3 is 0 Å². The molecule has 0 unspecified atom stereocenters. The van der Waals surface area contributed by atoms with Crippen LogP contribution in [0.3, 0.4) is 0 Å². The molecular formula is C15H17N3. The van der Waals surface area contributed by atoms with Crippen LogP contribution >= 0.6 is 0 Å². The molecule has 2 rings (SSSR count). The van der Waals surface area contributed by atoms with Crippen LogP contribution in [0, 0.1) is 20.8 Å². The van der Waals surface area contributed by atoms with E-state index in [1.807, 2.05) is 57.2 Å². The Labute approximate surface area is 107 Å². The standard InChI is InChI=1S/C15H17N3/c1-10-9-14(12(3)15(16)11(10)2)18-17-13-7-5-4-6-8-13/h4-9H,16H2,1-3H3. The Kier molecular flexibility index (Phi) is 3.42. The molecule has 0 heterocycles. The predicted octanol–water partition coefficient (Wildman–Crippen LogP) is 4.61. The molecule has 3 heteroatoms. The topological polar surface area (TPSA) is 50.7 Å². The number of nitrogens with two attached hydrogens (primary N) is 1. The number of hydrogen-bond donors (Lipinski definition) is 1. The molecule has 0 radical (unpaired) electrons. The normalized spacial score (nSPS) is 11.1. The van der Waals surface area contributed by atoms with Crippen molar-refractivity contribution >= 4 is 17.1 Å². The molecule has 0 aliphatic heterocycles. The number of aryl methyl sites for hydroxylation is 1. The fourth-order valence-corrected chi connectivity index (χ4v) is 1.76. The molecule has 0 saturated heterocycles. The summed E-state index contributed by atoms with van der Waals surface area (Å²) in [6.45, 7) is 6.03. The number of hydrogen-bond acceptors (Lipinski definition) is 3. The van der Waals surface area contributed by atoms with Crippen molar-refractivity contribution in [3.63, 3.8) is 0 Å². The third-order valence-electron chi connectivity index (χ3n) is 3.17. The zero-order chi connectivity index (χ0) is 13.1. The van der Waals surface area contributed by atoms with E-state index in [0.717, 1.165) is 33.8 Å². The first kappa shape index (κ1) is 12.3. The summed E-state index contributed by atoms with van der Waals surface area (Å²) < 4.78 is 0. The van der Waals surface area contributed by atoms with Crippen LogP contribution in [0.2, 0.25) is 0 Å². The molecule has 0 aliphatic carbocycles. The minimum atomic E-state index is 0.803. The van der Waals surface area contributed by atoms with E-state index in [-0.39, 0.29) is 0 Å². The van der Waals surface area contributed by atoms with Crippen LogP contribution < -0.4 is 5.73 Å². The van der Waals surface area contributed by atoms with Gasteiger partial charge < -0.3 is 5.73 Å². The highest BCUT2D eigenvalue weighted by molar-refractivity contribution is 5.66. The van der Waals surface area contributed by atoms with Gasteiger partial charge in [-0.25, -0.2) is 0 Å². The molecule has 2 N–H and O–H groups in total. The monoisotopic (exact) mass is 239 g/mol. The molecule has 92 valence electrons. The fraction of sp³-hybridized carbons (Fsp3) is 0.200. The fourth-order valence-electron chi connectivity index (χ4n) is 1.76. The molecule has 0 fully saturated rings. The Morgan fingerprint density at radius 1 is 0.889 bits per heavy atom. The molecule has 0 amide bonds. The van der Waals surface area contributed by atoms with Crippen molar-refractivity contribution in [1.82, 2.24) is 0 Å². The van der Waals surface area contributed by atoms with Gasteiger partial charge in [-0.2, -0.15) is 10.2 Å². The van der Waals surface area contributed by atoms with Crippen molar-refractivity contribution in [2.24, 2.45) is 10.2 Å². The molecule has 0 saturated carbocycles. The number of nitrogens with zero attached hydrogens (tertiary/aromatic N) is 2. The lowest BCUT2D eigenvalue weighted by Crippen LogP contribution is -1.96. The smallest absolute Gasteiger partial charge is 0.0909 e. The van der Waals surface area contributed by atoms with E-state index in [1.165, 1.54) is 0 Å². The molecule has 0 aromatic heterocycles. The summed E-state index contributed by atoms with van der Waals surface area (Å²) in [5, 5.41) is 8.50. The van der Waals surface area contributed by atoms with Crippen molar-refractivity contribution in [1.29, 1.82) is 0 Å². The molecule has 0 spiro atoms. The number of azo groups is 1. The number of benzene rings is 2. The van der Waals surface area contributed by atoms with Gasteiger partial charge in [0, 0.05) is 5.69 Å². The average molecular weight is 239 g/mol. The van der Waals surface area contributed by atoms with Gasteiger partial charge in [0.05, 0.1) is 11.4 Å². The van der Waals surface area contributed by atoms with Gasteiger partial charge in [-0.05, 0) is 55.7 Å². The lowest BCUT2D eigenvalue weighted by atomic mass is 10.0. The van der Waals surface area contributed by atoms with Gasteiger partial charge in [0.15, 0.2) is 0 Å². The van der Waals surface area contributed by atoms with Crippen molar-refractivity contribution in [3.05, 3.63) is 53.1 Å².